The van der Waals surface area contributed by atoms with Crippen molar-refractivity contribution in [1.82, 2.24) is 10.3 Å². The molecule has 0 spiro atoms. The van der Waals surface area contributed by atoms with E-state index in [2.05, 4.69) is 10.3 Å². The van der Waals surface area contributed by atoms with Crippen molar-refractivity contribution < 1.29 is 8.78 Å². The maximum absolute atomic E-state index is 13.7. The molecule has 1 aromatic carbocycles. The molecule has 1 heterocycles. The molecule has 0 aliphatic heterocycles. The SMILES string of the molecule is CNC1CCCc2[nH]c3c(F)cc(F)cc3c21. The lowest BCUT2D eigenvalue weighted by atomic mass is 9.91. The lowest BCUT2D eigenvalue weighted by Crippen LogP contribution is -2.20. The van der Waals surface area contributed by atoms with Crippen molar-refractivity contribution in [1.29, 1.82) is 0 Å². The van der Waals surface area contributed by atoms with Gasteiger partial charge in [-0.1, -0.05) is 0 Å². The Balaban J connectivity index is 2.32. The van der Waals surface area contributed by atoms with Crippen molar-refractivity contribution in [3.8, 4) is 0 Å². The van der Waals surface area contributed by atoms with E-state index in [1.54, 1.807) is 0 Å². The Labute approximate surface area is 98.0 Å². The van der Waals surface area contributed by atoms with Crippen LogP contribution in [0.25, 0.3) is 10.9 Å². The van der Waals surface area contributed by atoms with Gasteiger partial charge in [0.05, 0.1) is 5.52 Å². The minimum Gasteiger partial charge on any atom is -0.356 e. The molecular weight excluding hydrogens is 222 g/mol. The second kappa shape index (κ2) is 3.81. The number of halogens is 2. The molecule has 1 aliphatic rings. The van der Waals surface area contributed by atoms with Gasteiger partial charge in [-0.25, -0.2) is 8.78 Å². The molecule has 90 valence electrons. The molecule has 4 heteroatoms. The number of aromatic nitrogens is 1. The molecular formula is C13H14F2N2. The van der Waals surface area contributed by atoms with Crippen molar-refractivity contribution in [2.75, 3.05) is 7.05 Å². The summed E-state index contributed by atoms with van der Waals surface area (Å²) in [5.74, 6) is -1.03. The zero-order valence-electron chi connectivity index (χ0n) is 9.61. The van der Waals surface area contributed by atoms with Crippen LogP contribution in [0.3, 0.4) is 0 Å². The van der Waals surface area contributed by atoms with E-state index in [4.69, 9.17) is 0 Å². The van der Waals surface area contributed by atoms with Gasteiger partial charge in [-0.05, 0) is 37.9 Å². The van der Waals surface area contributed by atoms with Gasteiger partial charge in [0.15, 0.2) is 0 Å². The lowest BCUT2D eigenvalue weighted by Gasteiger charge is -2.22. The van der Waals surface area contributed by atoms with Crippen LogP contribution in [0.4, 0.5) is 8.78 Å². The molecule has 1 aromatic heterocycles. The van der Waals surface area contributed by atoms with E-state index in [0.717, 1.165) is 36.6 Å². The average Bonchev–Trinajstić information content (AvgIpc) is 2.68. The summed E-state index contributed by atoms with van der Waals surface area (Å²) >= 11 is 0. The number of rotatable bonds is 1. The number of nitrogens with one attached hydrogen (secondary N) is 2. The highest BCUT2D eigenvalue weighted by Gasteiger charge is 2.24. The van der Waals surface area contributed by atoms with E-state index in [9.17, 15) is 8.78 Å². The number of H-pyrrole nitrogens is 1. The first-order chi connectivity index (χ1) is 8.20. The highest BCUT2D eigenvalue weighted by atomic mass is 19.1. The molecule has 0 saturated heterocycles. The second-order valence-corrected chi connectivity index (χ2v) is 4.56. The summed E-state index contributed by atoms with van der Waals surface area (Å²) in [6, 6.07) is 2.54. The minimum absolute atomic E-state index is 0.189. The monoisotopic (exact) mass is 236 g/mol. The van der Waals surface area contributed by atoms with E-state index in [1.165, 1.54) is 6.07 Å². The van der Waals surface area contributed by atoms with E-state index in [1.807, 2.05) is 7.05 Å². The zero-order chi connectivity index (χ0) is 12.0. The first-order valence-electron chi connectivity index (χ1n) is 5.87. The Hall–Kier alpha value is -1.42. The van der Waals surface area contributed by atoms with Crippen LogP contribution in [0.1, 0.15) is 30.1 Å². The standard InChI is InChI=1S/C13H14F2N2/c1-16-10-3-2-4-11-12(10)8-5-7(14)6-9(15)13(8)17-11/h5-6,10,16-17H,2-4H2,1H3. The van der Waals surface area contributed by atoms with Gasteiger partial charge in [0, 0.05) is 23.2 Å². The van der Waals surface area contributed by atoms with E-state index >= 15 is 0 Å². The van der Waals surface area contributed by atoms with Gasteiger partial charge in [0.1, 0.15) is 11.6 Å². The average molecular weight is 236 g/mol. The predicted molar refractivity (Wildman–Crippen MR) is 63.0 cm³/mol. The Morgan fingerprint density at radius 3 is 2.94 bits per heavy atom. The molecule has 3 rings (SSSR count). The smallest absolute Gasteiger partial charge is 0.150 e. The van der Waals surface area contributed by atoms with Gasteiger partial charge in [-0.3, -0.25) is 0 Å². The van der Waals surface area contributed by atoms with Gasteiger partial charge in [0.2, 0.25) is 0 Å². The van der Waals surface area contributed by atoms with Crippen molar-refractivity contribution in [2.45, 2.75) is 25.3 Å². The van der Waals surface area contributed by atoms with Crippen LogP contribution in [0.15, 0.2) is 12.1 Å². The number of aromatic amines is 1. The van der Waals surface area contributed by atoms with Crippen LogP contribution in [0.2, 0.25) is 0 Å². The first-order valence-corrected chi connectivity index (χ1v) is 5.87. The topological polar surface area (TPSA) is 27.8 Å². The summed E-state index contributed by atoms with van der Waals surface area (Å²) in [5, 5.41) is 3.89. The maximum Gasteiger partial charge on any atom is 0.150 e. The molecule has 2 aromatic rings. The molecule has 0 radical (unpaired) electrons. The largest absolute Gasteiger partial charge is 0.356 e. The number of fused-ring (bicyclic) bond motifs is 3. The summed E-state index contributed by atoms with van der Waals surface area (Å²) < 4.78 is 27.0. The zero-order valence-corrected chi connectivity index (χ0v) is 9.61. The minimum atomic E-state index is -0.516. The molecule has 0 fully saturated rings. The Morgan fingerprint density at radius 2 is 2.18 bits per heavy atom. The van der Waals surface area contributed by atoms with Crippen LogP contribution in [0, 0.1) is 11.6 Å². The van der Waals surface area contributed by atoms with Crippen LogP contribution >= 0.6 is 0 Å². The fourth-order valence-electron chi connectivity index (χ4n) is 2.81. The number of hydrogen-bond acceptors (Lipinski definition) is 1. The van der Waals surface area contributed by atoms with Crippen molar-refractivity contribution in [3.05, 3.63) is 35.0 Å². The predicted octanol–water partition coefficient (Wildman–Crippen LogP) is 3.04. The molecule has 2 N–H and O–H groups in total. The molecule has 0 amide bonds. The number of aryl methyl sites for hydroxylation is 1. The lowest BCUT2D eigenvalue weighted by molar-refractivity contribution is 0.497. The summed E-state index contributed by atoms with van der Waals surface area (Å²) in [6.45, 7) is 0. The van der Waals surface area contributed by atoms with E-state index < -0.39 is 11.6 Å². The maximum atomic E-state index is 13.7. The Kier molecular flexibility index (Phi) is 2.40. The van der Waals surface area contributed by atoms with Crippen molar-refractivity contribution in [2.24, 2.45) is 0 Å². The summed E-state index contributed by atoms with van der Waals surface area (Å²) in [6.07, 6.45) is 2.98. The number of hydrogen-bond donors (Lipinski definition) is 2. The van der Waals surface area contributed by atoms with Crippen molar-refractivity contribution >= 4 is 10.9 Å². The number of benzene rings is 1. The molecule has 17 heavy (non-hydrogen) atoms. The van der Waals surface area contributed by atoms with Gasteiger partial charge in [-0.15, -0.1) is 0 Å². The molecule has 0 saturated carbocycles. The van der Waals surface area contributed by atoms with Gasteiger partial charge in [0.25, 0.3) is 0 Å². The Morgan fingerprint density at radius 1 is 1.35 bits per heavy atom. The summed E-state index contributed by atoms with van der Waals surface area (Å²) in [4.78, 5) is 3.09. The normalized spacial score (nSPS) is 19.6. The molecule has 1 atom stereocenters. The van der Waals surface area contributed by atoms with Crippen LogP contribution in [0.5, 0.6) is 0 Å². The van der Waals surface area contributed by atoms with Crippen LogP contribution in [-0.4, -0.2) is 12.0 Å². The summed E-state index contributed by atoms with van der Waals surface area (Å²) in [5.41, 5.74) is 2.50. The summed E-state index contributed by atoms with van der Waals surface area (Å²) in [7, 11) is 1.88. The fraction of sp³-hybridized carbons (Fsp3) is 0.385. The second-order valence-electron chi connectivity index (χ2n) is 4.56. The fourth-order valence-corrected chi connectivity index (χ4v) is 2.81. The van der Waals surface area contributed by atoms with E-state index in [-0.39, 0.29) is 6.04 Å². The highest BCUT2D eigenvalue weighted by molar-refractivity contribution is 5.86. The third-order valence-corrected chi connectivity index (χ3v) is 3.56. The highest BCUT2D eigenvalue weighted by Crippen LogP contribution is 2.36. The molecule has 1 aliphatic carbocycles. The van der Waals surface area contributed by atoms with E-state index in [0.29, 0.717) is 10.9 Å². The third-order valence-electron chi connectivity index (χ3n) is 3.56. The van der Waals surface area contributed by atoms with Gasteiger partial charge >= 0.3 is 0 Å². The third kappa shape index (κ3) is 1.55. The van der Waals surface area contributed by atoms with Gasteiger partial charge < -0.3 is 10.3 Å². The Bertz CT molecular complexity index is 574. The molecule has 1 unspecified atom stereocenters. The quantitative estimate of drug-likeness (QED) is 0.782. The van der Waals surface area contributed by atoms with Crippen LogP contribution < -0.4 is 5.32 Å². The first kappa shape index (κ1) is 10.7. The molecule has 2 nitrogen and oxygen atoms in total. The van der Waals surface area contributed by atoms with Gasteiger partial charge in [-0.2, -0.15) is 0 Å². The van der Waals surface area contributed by atoms with Crippen molar-refractivity contribution in [3.63, 3.8) is 0 Å². The molecule has 0 bridgehead atoms. The van der Waals surface area contributed by atoms with Crippen LogP contribution in [-0.2, 0) is 6.42 Å².